The third-order valence-corrected chi connectivity index (χ3v) is 6.91. The van der Waals surface area contributed by atoms with Gasteiger partial charge in [0.15, 0.2) is 0 Å². The second kappa shape index (κ2) is 9.41. The number of benzene rings is 2. The van der Waals surface area contributed by atoms with Gasteiger partial charge in [-0.3, -0.25) is 14.3 Å². The Morgan fingerprint density at radius 3 is 2.59 bits per heavy atom. The van der Waals surface area contributed by atoms with E-state index in [4.69, 9.17) is 4.98 Å². The third kappa shape index (κ3) is 4.56. The first kappa shape index (κ1) is 21.1. The van der Waals surface area contributed by atoms with Crippen LogP contribution >= 0.6 is 0 Å². The Labute approximate surface area is 188 Å². The first-order valence-electron chi connectivity index (χ1n) is 11.9. The van der Waals surface area contributed by atoms with Crippen molar-refractivity contribution < 1.29 is 9.18 Å². The molecule has 1 N–H and O–H groups in total. The Hall–Kier alpha value is -2.73. The van der Waals surface area contributed by atoms with Crippen LogP contribution in [0.25, 0.3) is 16.7 Å². The van der Waals surface area contributed by atoms with Crippen LogP contribution in [-0.2, 0) is 11.3 Å². The van der Waals surface area contributed by atoms with E-state index in [1.54, 1.807) is 12.1 Å². The minimum Gasteiger partial charge on any atom is -0.353 e. The number of fused-ring (bicyclic) bond motifs is 1. The van der Waals surface area contributed by atoms with Crippen molar-refractivity contribution in [3.8, 4) is 5.69 Å². The number of amides is 1. The first-order chi connectivity index (χ1) is 15.7. The molecule has 1 amide bonds. The molecule has 0 unspecified atom stereocenters. The molecule has 1 saturated heterocycles. The van der Waals surface area contributed by atoms with Gasteiger partial charge in [-0.25, -0.2) is 9.37 Å². The fourth-order valence-electron chi connectivity index (χ4n) is 5.24. The van der Waals surface area contributed by atoms with Gasteiger partial charge < -0.3 is 5.32 Å². The zero-order valence-electron chi connectivity index (χ0n) is 18.5. The minimum absolute atomic E-state index is 0.0364. The van der Waals surface area contributed by atoms with Crippen LogP contribution in [0.15, 0.2) is 48.5 Å². The van der Waals surface area contributed by atoms with Crippen molar-refractivity contribution in [2.45, 2.75) is 57.5 Å². The average molecular weight is 435 g/mol. The van der Waals surface area contributed by atoms with Gasteiger partial charge in [0, 0.05) is 18.3 Å². The maximum absolute atomic E-state index is 13.5. The lowest BCUT2D eigenvalue weighted by molar-refractivity contribution is -0.127. The van der Waals surface area contributed by atoms with Crippen molar-refractivity contribution in [3.63, 3.8) is 0 Å². The molecule has 3 aromatic rings. The largest absolute Gasteiger partial charge is 0.353 e. The second-order valence-electron chi connectivity index (χ2n) is 9.25. The number of halogens is 1. The van der Waals surface area contributed by atoms with Gasteiger partial charge in [-0.05, 0) is 68.6 Å². The van der Waals surface area contributed by atoms with Crippen LogP contribution in [0.4, 0.5) is 4.39 Å². The Kier molecular flexibility index (Phi) is 6.21. The number of carbonyl (C=O) groups is 1. The minimum atomic E-state index is -0.248. The molecule has 2 fully saturated rings. The van der Waals surface area contributed by atoms with Crippen LogP contribution in [0, 0.1) is 11.7 Å². The smallest absolute Gasteiger partial charge is 0.224 e. The summed E-state index contributed by atoms with van der Waals surface area (Å²) in [7, 11) is 0. The summed E-state index contributed by atoms with van der Waals surface area (Å²) in [6, 6.07) is 15.0. The topological polar surface area (TPSA) is 50.2 Å². The molecule has 5 rings (SSSR count). The number of imidazole rings is 1. The summed E-state index contributed by atoms with van der Waals surface area (Å²) in [5.74, 6) is 0.927. The van der Waals surface area contributed by atoms with Gasteiger partial charge in [0.25, 0.3) is 0 Å². The van der Waals surface area contributed by atoms with Crippen LogP contribution in [0.3, 0.4) is 0 Å². The molecule has 1 aliphatic heterocycles. The molecule has 5 nitrogen and oxygen atoms in total. The molecule has 6 heteroatoms. The molecule has 168 valence electrons. The van der Waals surface area contributed by atoms with Crippen LogP contribution in [0.1, 0.15) is 50.8 Å². The number of rotatable bonds is 5. The van der Waals surface area contributed by atoms with E-state index in [0.29, 0.717) is 12.6 Å². The highest BCUT2D eigenvalue weighted by Gasteiger charge is 2.28. The first-order valence-corrected chi connectivity index (χ1v) is 11.9. The highest BCUT2D eigenvalue weighted by Crippen LogP contribution is 2.25. The molecule has 2 heterocycles. The van der Waals surface area contributed by atoms with E-state index in [1.807, 2.05) is 24.3 Å². The lowest BCUT2D eigenvalue weighted by Gasteiger charge is -2.33. The van der Waals surface area contributed by atoms with Crippen molar-refractivity contribution >= 4 is 16.9 Å². The molecule has 0 bridgehead atoms. The number of aromatic nitrogens is 2. The number of nitrogens with one attached hydrogen (secondary N) is 1. The Bertz CT molecular complexity index is 1070. The molecule has 0 spiro atoms. The van der Waals surface area contributed by atoms with Gasteiger partial charge in [0.2, 0.25) is 5.91 Å². The molecule has 2 aromatic carbocycles. The summed E-state index contributed by atoms with van der Waals surface area (Å²) in [6.07, 6.45) is 7.93. The number of piperidine rings is 1. The molecule has 1 aliphatic carbocycles. The van der Waals surface area contributed by atoms with E-state index in [-0.39, 0.29) is 17.6 Å². The van der Waals surface area contributed by atoms with Crippen LogP contribution in [-0.4, -0.2) is 39.5 Å². The van der Waals surface area contributed by atoms with Crippen molar-refractivity contribution in [3.05, 3.63) is 60.2 Å². The van der Waals surface area contributed by atoms with Crippen LogP contribution < -0.4 is 5.32 Å². The molecule has 32 heavy (non-hydrogen) atoms. The summed E-state index contributed by atoms with van der Waals surface area (Å²) in [5, 5.41) is 3.32. The fourth-order valence-corrected chi connectivity index (χ4v) is 5.24. The molecule has 1 saturated carbocycles. The summed E-state index contributed by atoms with van der Waals surface area (Å²) < 4.78 is 15.6. The Morgan fingerprint density at radius 1 is 1.00 bits per heavy atom. The predicted octanol–water partition coefficient (Wildman–Crippen LogP) is 4.83. The number of para-hydroxylation sites is 2. The summed E-state index contributed by atoms with van der Waals surface area (Å²) in [5.41, 5.74) is 2.84. The summed E-state index contributed by atoms with van der Waals surface area (Å²) in [6.45, 7) is 2.38. The van der Waals surface area contributed by atoms with Gasteiger partial charge >= 0.3 is 0 Å². The van der Waals surface area contributed by atoms with E-state index < -0.39 is 0 Å². The zero-order chi connectivity index (χ0) is 21.9. The quantitative estimate of drug-likeness (QED) is 0.626. The second-order valence-corrected chi connectivity index (χ2v) is 9.25. The lowest BCUT2D eigenvalue weighted by atomic mass is 9.93. The van der Waals surface area contributed by atoms with E-state index in [9.17, 15) is 9.18 Å². The highest BCUT2D eigenvalue weighted by atomic mass is 19.1. The predicted molar refractivity (Wildman–Crippen MR) is 124 cm³/mol. The van der Waals surface area contributed by atoms with Gasteiger partial charge in [0.1, 0.15) is 11.6 Å². The third-order valence-electron chi connectivity index (χ3n) is 6.91. The van der Waals surface area contributed by atoms with Gasteiger partial charge in [-0.2, -0.15) is 0 Å². The number of likely N-dealkylation sites (tertiary alicyclic amines) is 1. The number of hydrogen-bond acceptors (Lipinski definition) is 3. The average Bonchev–Trinajstić information content (AvgIpc) is 3.18. The molecule has 2 aliphatic rings. The Morgan fingerprint density at radius 2 is 1.78 bits per heavy atom. The van der Waals surface area contributed by atoms with Gasteiger partial charge in [-0.15, -0.1) is 0 Å². The molecule has 0 radical (unpaired) electrons. The molecular weight excluding hydrogens is 403 g/mol. The lowest BCUT2D eigenvalue weighted by Crippen LogP contribution is -2.46. The van der Waals surface area contributed by atoms with Crippen molar-refractivity contribution in [2.24, 2.45) is 5.92 Å². The molecular formula is C26H31FN4O. The standard InChI is InChI=1S/C26H31FN4O/c27-20-12-14-22(15-13-20)31-24-11-5-4-10-23(24)29-25(31)18-30-16-6-7-19(17-30)26(32)28-21-8-2-1-3-9-21/h4-5,10-15,19,21H,1-3,6-9,16-18H2,(H,28,32)/t19-/m0/s1. The monoisotopic (exact) mass is 434 g/mol. The van der Waals surface area contributed by atoms with E-state index in [2.05, 4.69) is 14.8 Å². The van der Waals surface area contributed by atoms with Crippen molar-refractivity contribution in [2.75, 3.05) is 13.1 Å². The maximum atomic E-state index is 13.5. The normalized spacial score (nSPS) is 20.5. The zero-order valence-corrected chi connectivity index (χ0v) is 18.5. The SMILES string of the molecule is O=C(NC1CCCCC1)[C@H]1CCCN(Cc2nc3ccccc3n2-c2ccc(F)cc2)C1. The summed E-state index contributed by atoms with van der Waals surface area (Å²) >= 11 is 0. The highest BCUT2D eigenvalue weighted by molar-refractivity contribution is 5.79. The number of nitrogens with zero attached hydrogens (tertiary/aromatic N) is 3. The maximum Gasteiger partial charge on any atom is 0.224 e. The number of carbonyl (C=O) groups excluding carboxylic acids is 1. The van der Waals surface area contributed by atoms with Crippen molar-refractivity contribution in [1.29, 1.82) is 0 Å². The number of hydrogen-bond donors (Lipinski definition) is 1. The molecule has 1 atom stereocenters. The molecule has 1 aromatic heterocycles. The van der Waals surface area contributed by atoms with Gasteiger partial charge in [-0.1, -0.05) is 31.4 Å². The van der Waals surface area contributed by atoms with Gasteiger partial charge in [0.05, 0.1) is 23.5 Å². The fraction of sp³-hybridized carbons (Fsp3) is 0.462. The van der Waals surface area contributed by atoms with Crippen LogP contribution in [0.5, 0.6) is 0 Å². The van der Waals surface area contributed by atoms with Crippen molar-refractivity contribution in [1.82, 2.24) is 19.8 Å². The summed E-state index contributed by atoms with van der Waals surface area (Å²) in [4.78, 5) is 20.2. The van der Waals surface area contributed by atoms with E-state index >= 15 is 0 Å². The van der Waals surface area contributed by atoms with E-state index in [1.165, 1.54) is 31.4 Å². The van der Waals surface area contributed by atoms with Crippen LogP contribution in [0.2, 0.25) is 0 Å². The Balaban J connectivity index is 1.34. The van der Waals surface area contributed by atoms with E-state index in [0.717, 1.165) is 61.3 Å².